The van der Waals surface area contributed by atoms with Crippen LogP contribution in [0.3, 0.4) is 0 Å². The minimum atomic E-state index is -0.631. The fourth-order valence-electron chi connectivity index (χ4n) is 5.09. The van der Waals surface area contributed by atoms with E-state index in [0.29, 0.717) is 23.5 Å². The van der Waals surface area contributed by atoms with Gasteiger partial charge in [-0.25, -0.2) is 4.79 Å². The predicted molar refractivity (Wildman–Crippen MR) is 131 cm³/mol. The molecule has 7 nitrogen and oxygen atoms in total. The number of carbonyl (C=O) groups is 2. The summed E-state index contributed by atoms with van der Waals surface area (Å²) in [5.41, 5.74) is 4.30. The highest BCUT2D eigenvalue weighted by atomic mass is 16.6. The van der Waals surface area contributed by atoms with Crippen LogP contribution in [-0.2, 0) is 22.7 Å². The Morgan fingerprint density at radius 3 is 2.60 bits per heavy atom. The van der Waals surface area contributed by atoms with Crippen molar-refractivity contribution < 1.29 is 19.1 Å². The summed E-state index contributed by atoms with van der Waals surface area (Å²) in [6, 6.07) is 24.0. The average Bonchev–Trinajstić information content (AvgIpc) is 2.91. The molecule has 2 aliphatic heterocycles. The molecule has 3 heterocycles. The summed E-state index contributed by atoms with van der Waals surface area (Å²) in [7, 11) is 1.61. The second-order valence-electron chi connectivity index (χ2n) is 8.65. The molecule has 2 amide bonds. The second kappa shape index (κ2) is 8.43. The van der Waals surface area contributed by atoms with Crippen molar-refractivity contribution in [3.63, 3.8) is 0 Å². The number of β-lactam (4-membered cyclic amide) rings is 1. The first-order valence-electron chi connectivity index (χ1n) is 11.5. The van der Waals surface area contributed by atoms with Crippen LogP contribution >= 0.6 is 0 Å². The van der Waals surface area contributed by atoms with Gasteiger partial charge in [0.25, 0.3) is 5.91 Å². The Morgan fingerprint density at radius 2 is 1.77 bits per heavy atom. The molecule has 0 radical (unpaired) electrons. The third kappa shape index (κ3) is 3.39. The van der Waals surface area contributed by atoms with Gasteiger partial charge in [-0.05, 0) is 41.0 Å². The number of anilines is 1. The molecule has 7 heteroatoms. The number of rotatable bonds is 4. The molecule has 6 rings (SSSR count). The summed E-state index contributed by atoms with van der Waals surface area (Å²) < 4.78 is 11.1. The summed E-state index contributed by atoms with van der Waals surface area (Å²) in [6.07, 6.45) is 1.21. The molecule has 0 bridgehead atoms. The maximum absolute atomic E-state index is 13.6. The maximum atomic E-state index is 13.6. The molecule has 0 unspecified atom stereocenters. The van der Waals surface area contributed by atoms with Crippen molar-refractivity contribution >= 4 is 28.6 Å². The Morgan fingerprint density at radius 1 is 0.971 bits per heavy atom. The Labute approximate surface area is 202 Å². The van der Waals surface area contributed by atoms with Crippen LogP contribution in [-0.4, -0.2) is 35.0 Å². The van der Waals surface area contributed by atoms with Crippen LogP contribution in [0.15, 0.2) is 85.1 Å². The van der Waals surface area contributed by atoms with Gasteiger partial charge in [0.05, 0.1) is 30.9 Å². The molecule has 174 valence electrons. The average molecular weight is 466 g/mol. The number of aromatic nitrogens is 1. The minimum Gasteiger partial charge on any atom is -0.496 e. The second-order valence-corrected chi connectivity index (χ2v) is 8.65. The number of hydrogen-bond acceptors (Lipinski definition) is 5. The SMILES string of the molecule is COc1ccc(N2C(=O)[C@@H]3[C@H]2c2ccccc2CN3C(=O)OCc2ccccc2)c2ncccc12. The quantitative estimate of drug-likeness (QED) is 0.403. The smallest absolute Gasteiger partial charge is 0.411 e. The maximum Gasteiger partial charge on any atom is 0.411 e. The standard InChI is InChI=1S/C28H23N3O4/c1-34-23-14-13-22(24-21(23)12-7-15-29-24)31-25-20-11-6-5-10-19(20)16-30(26(25)27(31)32)28(33)35-17-18-8-3-2-4-9-18/h2-15,25-26H,16-17H2,1H3/t25-,26+/m1/s1. The lowest BCUT2D eigenvalue weighted by Gasteiger charge is -2.54. The number of hydrogen-bond donors (Lipinski definition) is 0. The predicted octanol–water partition coefficient (Wildman–Crippen LogP) is 4.85. The number of ether oxygens (including phenoxy) is 2. The lowest BCUT2D eigenvalue weighted by molar-refractivity contribution is -0.133. The molecular formula is C28H23N3O4. The normalized spacial score (nSPS) is 18.5. The molecule has 1 saturated heterocycles. The molecule has 1 aromatic heterocycles. The first-order valence-corrected chi connectivity index (χ1v) is 11.5. The van der Waals surface area contributed by atoms with Crippen LogP contribution in [0.25, 0.3) is 10.9 Å². The summed E-state index contributed by atoms with van der Waals surface area (Å²) >= 11 is 0. The first kappa shape index (κ1) is 21.2. The lowest BCUT2D eigenvalue weighted by atomic mass is 9.80. The van der Waals surface area contributed by atoms with Crippen molar-refractivity contribution in [2.75, 3.05) is 12.0 Å². The van der Waals surface area contributed by atoms with Crippen molar-refractivity contribution in [3.05, 3.63) is 102 Å². The highest BCUT2D eigenvalue weighted by Crippen LogP contribution is 2.48. The van der Waals surface area contributed by atoms with Gasteiger partial charge in [0, 0.05) is 11.6 Å². The third-order valence-electron chi connectivity index (χ3n) is 6.75. The van der Waals surface area contributed by atoms with E-state index in [-0.39, 0.29) is 18.6 Å². The Balaban J connectivity index is 1.37. The van der Waals surface area contributed by atoms with Crippen LogP contribution in [0.5, 0.6) is 5.75 Å². The molecule has 0 saturated carbocycles. The van der Waals surface area contributed by atoms with Gasteiger partial charge in [-0.3, -0.25) is 19.6 Å². The van der Waals surface area contributed by atoms with Gasteiger partial charge in [0.15, 0.2) is 0 Å². The van der Waals surface area contributed by atoms with Crippen LogP contribution in [0.4, 0.5) is 10.5 Å². The number of pyridine rings is 1. The van der Waals surface area contributed by atoms with Gasteiger partial charge in [-0.2, -0.15) is 0 Å². The van der Waals surface area contributed by atoms with Crippen molar-refractivity contribution in [1.82, 2.24) is 9.88 Å². The van der Waals surface area contributed by atoms with Crippen LogP contribution in [0, 0.1) is 0 Å². The number of nitrogens with zero attached hydrogens (tertiary/aromatic N) is 3. The number of benzene rings is 3. The molecule has 0 spiro atoms. The minimum absolute atomic E-state index is 0.153. The summed E-state index contributed by atoms with van der Waals surface area (Å²) in [4.78, 5) is 34.6. The zero-order chi connectivity index (χ0) is 23.9. The Kier molecular flexibility index (Phi) is 5.10. The highest BCUT2D eigenvalue weighted by Gasteiger charge is 2.57. The third-order valence-corrected chi connectivity index (χ3v) is 6.75. The number of amides is 2. The molecule has 2 aliphatic rings. The highest BCUT2D eigenvalue weighted by molar-refractivity contribution is 6.12. The fourth-order valence-corrected chi connectivity index (χ4v) is 5.09. The zero-order valence-corrected chi connectivity index (χ0v) is 19.1. The first-order chi connectivity index (χ1) is 17.2. The van der Waals surface area contributed by atoms with E-state index >= 15 is 0 Å². The zero-order valence-electron chi connectivity index (χ0n) is 19.1. The van der Waals surface area contributed by atoms with Gasteiger partial charge in [-0.15, -0.1) is 0 Å². The van der Waals surface area contributed by atoms with Crippen LogP contribution < -0.4 is 9.64 Å². The molecule has 4 aromatic rings. The van der Waals surface area contributed by atoms with E-state index in [4.69, 9.17) is 9.47 Å². The molecular weight excluding hydrogens is 442 g/mol. The van der Waals surface area contributed by atoms with Crippen molar-refractivity contribution in [2.24, 2.45) is 0 Å². The van der Waals surface area contributed by atoms with Crippen molar-refractivity contribution in [3.8, 4) is 5.75 Å². The molecule has 2 atom stereocenters. The van der Waals surface area contributed by atoms with Crippen molar-refractivity contribution in [2.45, 2.75) is 25.2 Å². The van der Waals surface area contributed by atoms with E-state index in [1.54, 1.807) is 23.1 Å². The topological polar surface area (TPSA) is 72.0 Å². The van der Waals surface area contributed by atoms with Gasteiger partial charge < -0.3 is 9.47 Å². The van der Waals surface area contributed by atoms with E-state index in [1.807, 2.05) is 78.9 Å². The van der Waals surface area contributed by atoms with E-state index in [2.05, 4.69) is 4.98 Å². The van der Waals surface area contributed by atoms with Gasteiger partial charge in [-0.1, -0.05) is 54.6 Å². The molecule has 1 fully saturated rings. The summed E-state index contributed by atoms with van der Waals surface area (Å²) in [5.74, 6) is 0.537. The fraction of sp³-hybridized carbons (Fsp3) is 0.179. The van der Waals surface area contributed by atoms with Gasteiger partial charge in [0.1, 0.15) is 18.4 Å². The largest absolute Gasteiger partial charge is 0.496 e. The van der Waals surface area contributed by atoms with Gasteiger partial charge in [0.2, 0.25) is 0 Å². The molecule has 35 heavy (non-hydrogen) atoms. The lowest BCUT2D eigenvalue weighted by Crippen LogP contribution is -2.68. The number of carbonyl (C=O) groups excluding carboxylic acids is 2. The molecule has 3 aromatic carbocycles. The number of fused-ring (bicyclic) bond motifs is 4. The van der Waals surface area contributed by atoms with E-state index in [0.717, 1.165) is 22.1 Å². The van der Waals surface area contributed by atoms with E-state index < -0.39 is 12.1 Å². The Bertz CT molecular complexity index is 1440. The van der Waals surface area contributed by atoms with Crippen LogP contribution in [0.1, 0.15) is 22.7 Å². The Hall–Kier alpha value is -4.39. The number of methoxy groups -OCH3 is 1. The van der Waals surface area contributed by atoms with Crippen molar-refractivity contribution in [1.29, 1.82) is 0 Å². The van der Waals surface area contributed by atoms with Gasteiger partial charge >= 0.3 is 6.09 Å². The molecule has 0 N–H and O–H groups in total. The monoisotopic (exact) mass is 465 g/mol. The summed E-state index contributed by atoms with van der Waals surface area (Å²) in [5, 5.41) is 0.826. The molecule has 0 aliphatic carbocycles. The van der Waals surface area contributed by atoms with E-state index in [9.17, 15) is 9.59 Å². The summed E-state index contributed by atoms with van der Waals surface area (Å²) in [6.45, 7) is 0.478. The van der Waals surface area contributed by atoms with E-state index in [1.165, 1.54) is 0 Å². The van der Waals surface area contributed by atoms with Crippen LogP contribution in [0.2, 0.25) is 0 Å².